The van der Waals surface area contributed by atoms with Crippen LogP contribution in [0.25, 0.3) is 10.6 Å². The van der Waals surface area contributed by atoms with Crippen molar-refractivity contribution in [3.63, 3.8) is 0 Å². The highest BCUT2D eigenvalue weighted by atomic mass is 32.2. The van der Waals surface area contributed by atoms with E-state index >= 15 is 0 Å². The van der Waals surface area contributed by atoms with Gasteiger partial charge in [0, 0.05) is 28.4 Å². The molecule has 3 heterocycles. The fraction of sp³-hybridized carbons (Fsp3) is 0.0870. The van der Waals surface area contributed by atoms with Crippen LogP contribution in [0, 0.1) is 6.92 Å². The highest BCUT2D eigenvalue weighted by molar-refractivity contribution is 7.90. The zero-order chi connectivity index (χ0) is 23.2. The summed E-state index contributed by atoms with van der Waals surface area (Å²) in [6, 6.07) is 15.1. The Morgan fingerprint density at radius 3 is 2.73 bits per heavy atom. The quantitative estimate of drug-likeness (QED) is 0.465. The maximum absolute atomic E-state index is 12.9. The van der Waals surface area contributed by atoms with Crippen molar-refractivity contribution in [3.8, 4) is 10.6 Å². The first-order valence-electron chi connectivity index (χ1n) is 10.0. The first kappa shape index (κ1) is 21.1. The van der Waals surface area contributed by atoms with Crippen LogP contribution in [-0.4, -0.2) is 29.2 Å². The van der Waals surface area contributed by atoms with Gasteiger partial charge in [-0.05, 0) is 37.3 Å². The number of thiazole rings is 1. The van der Waals surface area contributed by atoms with E-state index in [0.717, 1.165) is 19.4 Å². The molecule has 4 aromatic rings. The second-order valence-electron chi connectivity index (χ2n) is 7.54. The molecule has 0 aliphatic carbocycles. The molecule has 0 saturated heterocycles. The van der Waals surface area contributed by atoms with Crippen molar-refractivity contribution in [2.75, 3.05) is 5.32 Å². The lowest BCUT2D eigenvalue weighted by molar-refractivity contribution is 0.0949. The Hall–Kier alpha value is -3.76. The van der Waals surface area contributed by atoms with Gasteiger partial charge in [0.25, 0.3) is 21.8 Å². The van der Waals surface area contributed by atoms with Gasteiger partial charge in [0.05, 0.1) is 12.2 Å². The van der Waals surface area contributed by atoms with Crippen LogP contribution in [-0.2, 0) is 16.6 Å². The van der Waals surface area contributed by atoms with Crippen molar-refractivity contribution >= 4 is 38.9 Å². The number of hydrogen-bond acceptors (Lipinski definition) is 6. The molecule has 8 nitrogen and oxygen atoms in total. The number of hydrogen-bond donors (Lipinski definition) is 2. The molecule has 1 aliphatic heterocycles. The Bertz CT molecular complexity index is 1500. The minimum atomic E-state index is -3.96. The van der Waals surface area contributed by atoms with E-state index in [0.29, 0.717) is 0 Å². The molecule has 2 N–H and O–H groups in total. The Morgan fingerprint density at radius 2 is 1.94 bits per heavy atom. The van der Waals surface area contributed by atoms with E-state index in [1.165, 1.54) is 53.4 Å². The van der Waals surface area contributed by atoms with Crippen molar-refractivity contribution in [2.24, 2.45) is 0 Å². The second-order valence-corrected chi connectivity index (χ2v) is 10.4. The number of aryl methyl sites for hydroxylation is 1. The smallest absolute Gasteiger partial charge is 0.273 e. The normalized spacial score (nSPS) is 14.0. The molecule has 10 heteroatoms. The van der Waals surface area contributed by atoms with E-state index < -0.39 is 21.8 Å². The fourth-order valence-corrected chi connectivity index (χ4v) is 5.86. The summed E-state index contributed by atoms with van der Waals surface area (Å²) in [5.74, 6) is -0.952. The van der Waals surface area contributed by atoms with Crippen molar-refractivity contribution in [1.82, 2.24) is 14.3 Å². The molecule has 0 bridgehead atoms. The molecule has 5 rings (SSSR count). The number of carbonyl (C=O) groups excluding carboxylic acids is 2. The monoisotopic (exact) mass is 478 g/mol. The molecule has 0 radical (unpaired) electrons. The average molecular weight is 479 g/mol. The number of nitrogens with zero attached hydrogens (tertiary/aromatic N) is 2. The topological polar surface area (TPSA) is 110 Å². The molecule has 2 aromatic carbocycles. The zero-order valence-corrected chi connectivity index (χ0v) is 19.0. The van der Waals surface area contributed by atoms with Gasteiger partial charge < -0.3 is 10.6 Å². The number of anilines is 1. The third-order valence-corrected chi connectivity index (χ3v) is 8.04. The lowest BCUT2D eigenvalue weighted by atomic mass is 10.2. The number of aromatic nitrogens is 2. The van der Waals surface area contributed by atoms with Crippen LogP contribution in [0.15, 0.2) is 71.9 Å². The van der Waals surface area contributed by atoms with Crippen LogP contribution in [0.5, 0.6) is 0 Å². The summed E-state index contributed by atoms with van der Waals surface area (Å²) in [5.41, 5.74) is 2.49. The van der Waals surface area contributed by atoms with Crippen LogP contribution in [0.1, 0.15) is 31.3 Å². The van der Waals surface area contributed by atoms with E-state index in [-0.39, 0.29) is 28.4 Å². The minimum Gasteiger partial charge on any atom is -0.347 e. The number of amides is 2. The predicted octanol–water partition coefficient (Wildman–Crippen LogP) is 3.65. The van der Waals surface area contributed by atoms with Crippen molar-refractivity contribution in [2.45, 2.75) is 18.4 Å². The molecular formula is C23H18N4O4S2. The maximum Gasteiger partial charge on any atom is 0.273 e. The molecule has 2 aromatic heterocycles. The van der Waals surface area contributed by atoms with Gasteiger partial charge in [-0.3, -0.25) is 9.59 Å². The maximum atomic E-state index is 12.9. The number of carbonyl (C=O) groups is 2. The third kappa shape index (κ3) is 3.83. The van der Waals surface area contributed by atoms with Gasteiger partial charge >= 0.3 is 0 Å². The first-order chi connectivity index (χ1) is 15.8. The van der Waals surface area contributed by atoms with E-state index in [1.807, 2.05) is 31.2 Å². The number of rotatable bonds is 4. The molecule has 0 fully saturated rings. The summed E-state index contributed by atoms with van der Waals surface area (Å²) in [6.07, 6.45) is 3.04. The third-order valence-electron chi connectivity index (χ3n) is 5.25. The van der Waals surface area contributed by atoms with E-state index in [2.05, 4.69) is 15.6 Å². The molecular weight excluding hydrogens is 460 g/mol. The zero-order valence-electron chi connectivity index (χ0n) is 17.4. The van der Waals surface area contributed by atoms with E-state index in [9.17, 15) is 18.0 Å². The van der Waals surface area contributed by atoms with Crippen LogP contribution in [0.4, 0.5) is 5.69 Å². The molecule has 2 amide bonds. The molecule has 166 valence electrons. The lowest BCUT2D eigenvalue weighted by Gasteiger charge is -2.10. The lowest BCUT2D eigenvalue weighted by Crippen LogP contribution is -2.22. The molecule has 0 spiro atoms. The average Bonchev–Trinajstić information content (AvgIpc) is 3.47. The highest BCUT2D eigenvalue weighted by Gasteiger charge is 2.30. The molecule has 0 atom stereocenters. The largest absolute Gasteiger partial charge is 0.347 e. The number of nitrogens with one attached hydrogen (secondary N) is 2. The number of benzene rings is 2. The number of fused-ring (bicyclic) bond motifs is 2. The van der Waals surface area contributed by atoms with E-state index in [4.69, 9.17) is 0 Å². The van der Waals surface area contributed by atoms with Gasteiger partial charge in [0.2, 0.25) is 0 Å². The van der Waals surface area contributed by atoms with Gasteiger partial charge in [0.1, 0.15) is 15.6 Å². The predicted molar refractivity (Wildman–Crippen MR) is 125 cm³/mol. The summed E-state index contributed by atoms with van der Waals surface area (Å²) < 4.78 is 26.8. The van der Waals surface area contributed by atoms with Crippen LogP contribution in [0.3, 0.4) is 0 Å². The summed E-state index contributed by atoms with van der Waals surface area (Å²) in [7, 11) is -3.96. The standard InChI is InChI=1S/C23H18N4O4S2/c1-14-4-6-15(7-5-14)23-25-13-17(32-23)12-24-21(28)16-8-9-20-18(11-16)26-22(29)19-3-2-10-27(19)33(20,30)31/h2-11,13H,12H2,1H3,(H,24,28)(H,26,29). The van der Waals surface area contributed by atoms with Crippen LogP contribution >= 0.6 is 11.3 Å². The summed E-state index contributed by atoms with van der Waals surface area (Å²) in [4.78, 5) is 30.4. The molecule has 1 aliphatic rings. The van der Waals surface area contributed by atoms with Crippen molar-refractivity contribution in [3.05, 3.63) is 88.7 Å². The van der Waals surface area contributed by atoms with Crippen molar-refractivity contribution in [1.29, 1.82) is 0 Å². The summed E-state index contributed by atoms with van der Waals surface area (Å²) >= 11 is 1.48. The second kappa shape index (κ2) is 7.98. The SMILES string of the molecule is Cc1ccc(-c2ncc(CNC(=O)c3ccc4c(c3)NC(=O)c3cccn3S4(=O)=O)s2)cc1. The molecule has 33 heavy (non-hydrogen) atoms. The Labute approximate surface area is 194 Å². The summed E-state index contributed by atoms with van der Waals surface area (Å²) in [6.45, 7) is 2.29. The van der Waals surface area contributed by atoms with Gasteiger partial charge in [0.15, 0.2) is 0 Å². The fourth-order valence-electron chi connectivity index (χ4n) is 3.53. The van der Waals surface area contributed by atoms with Crippen LogP contribution in [0.2, 0.25) is 0 Å². The van der Waals surface area contributed by atoms with Crippen LogP contribution < -0.4 is 10.6 Å². The van der Waals surface area contributed by atoms with Gasteiger partial charge in [-0.25, -0.2) is 17.4 Å². The van der Waals surface area contributed by atoms with Gasteiger partial charge in [-0.2, -0.15) is 0 Å². The first-order valence-corrected chi connectivity index (χ1v) is 12.3. The Kier molecular flexibility index (Phi) is 5.10. The molecule has 0 unspecified atom stereocenters. The van der Waals surface area contributed by atoms with Gasteiger partial charge in [-0.1, -0.05) is 29.8 Å². The van der Waals surface area contributed by atoms with Crippen molar-refractivity contribution < 1.29 is 18.0 Å². The summed E-state index contributed by atoms with van der Waals surface area (Å²) in [5, 5.41) is 6.27. The Morgan fingerprint density at radius 1 is 1.15 bits per heavy atom. The molecule has 0 saturated carbocycles. The highest BCUT2D eigenvalue weighted by Crippen LogP contribution is 2.30. The van der Waals surface area contributed by atoms with Gasteiger partial charge in [-0.15, -0.1) is 11.3 Å². The minimum absolute atomic E-state index is 0.00628. The van der Waals surface area contributed by atoms with E-state index in [1.54, 1.807) is 6.20 Å². The Balaban J connectivity index is 1.34.